The van der Waals surface area contributed by atoms with E-state index in [1.807, 2.05) is 0 Å². The zero-order valence-corrected chi connectivity index (χ0v) is 10.7. The van der Waals surface area contributed by atoms with Crippen LogP contribution in [0, 0.1) is 0 Å². The Morgan fingerprint density at radius 3 is 2.38 bits per heavy atom. The molecule has 0 spiro atoms. The van der Waals surface area contributed by atoms with Gasteiger partial charge in [0.25, 0.3) is 5.91 Å². The Morgan fingerprint density at radius 1 is 1.38 bits per heavy atom. The van der Waals surface area contributed by atoms with Gasteiger partial charge in [0.15, 0.2) is 0 Å². The number of hydrogen-bond donors (Lipinski definition) is 2. The van der Waals surface area contributed by atoms with Crippen molar-refractivity contribution >= 4 is 11.9 Å². The molecule has 1 unspecified atom stereocenters. The Hall–Kier alpha value is -2.45. The molecule has 1 heterocycles. The normalized spacial score (nSPS) is 12.5. The van der Waals surface area contributed by atoms with Crippen LogP contribution in [-0.2, 0) is 11.0 Å². The summed E-state index contributed by atoms with van der Waals surface area (Å²) in [5.74, 6) is -3.49. The van der Waals surface area contributed by atoms with E-state index in [0.717, 1.165) is 0 Å². The third kappa shape index (κ3) is 4.86. The summed E-state index contributed by atoms with van der Waals surface area (Å²) in [5, 5.41) is 11.1. The highest BCUT2D eigenvalue weighted by Gasteiger charge is 2.34. The van der Waals surface area contributed by atoms with Crippen molar-refractivity contribution in [3.8, 4) is 0 Å². The zero-order chi connectivity index (χ0) is 16.0. The van der Waals surface area contributed by atoms with Crippen molar-refractivity contribution in [3.63, 3.8) is 0 Å². The lowest BCUT2D eigenvalue weighted by atomic mass is 10.1. The number of aromatic nitrogens is 2. The van der Waals surface area contributed by atoms with Crippen LogP contribution in [0.2, 0.25) is 0 Å². The highest BCUT2D eigenvalue weighted by molar-refractivity contribution is 5.96. The maximum atomic E-state index is 12.3. The van der Waals surface area contributed by atoms with Crippen molar-refractivity contribution in [2.24, 2.45) is 0 Å². The number of aliphatic carboxylic acids is 1. The van der Waals surface area contributed by atoms with Crippen LogP contribution in [-0.4, -0.2) is 33.0 Å². The van der Waals surface area contributed by atoms with Gasteiger partial charge in [-0.25, -0.2) is 14.8 Å². The molecule has 0 fully saturated rings. The Labute approximate surface area is 117 Å². The maximum Gasteiger partial charge on any atom is 0.451 e. The zero-order valence-electron chi connectivity index (χ0n) is 10.7. The van der Waals surface area contributed by atoms with Gasteiger partial charge in [-0.05, 0) is 12.8 Å². The molecule has 2 N–H and O–H groups in total. The van der Waals surface area contributed by atoms with Gasteiger partial charge in [0, 0.05) is 12.4 Å². The molecule has 1 rings (SSSR count). The lowest BCUT2D eigenvalue weighted by molar-refractivity contribution is -0.145. The van der Waals surface area contributed by atoms with Crippen LogP contribution in [0.5, 0.6) is 0 Å². The minimum Gasteiger partial charge on any atom is -0.480 e. The number of halogens is 3. The number of carbonyl (C=O) groups is 2. The Bertz CT molecular complexity index is 529. The van der Waals surface area contributed by atoms with Gasteiger partial charge in [-0.15, -0.1) is 6.58 Å². The quantitative estimate of drug-likeness (QED) is 0.779. The molecule has 114 valence electrons. The van der Waals surface area contributed by atoms with Crippen LogP contribution < -0.4 is 5.32 Å². The van der Waals surface area contributed by atoms with E-state index in [2.05, 4.69) is 21.9 Å². The second-order valence-electron chi connectivity index (χ2n) is 4.02. The predicted octanol–water partition coefficient (Wildman–Crippen LogP) is 1.64. The molecule has 1 aromatic heterocycles. The topological polar surface area (TPSA) is 92.2 Å². The van der Waals surface area contributed by atoms with Gasteiger partial charge < -0.3 is 10.4 Å². The van der Waals surface area contributed by atoms with E-state index in [1.54, 1.807) is 0 Å². The number of rotatable bonds is 6. The summed E-state index contributed by atoms with van der Waals surface area (Å²) in [6, 6.07) is -1.17. The fourth-order valence-electron chi connectivity index (χ4n) is 1.38. The number of amides is 1. The van der Waals surface area contributed by atoms with E-state index in [1.165, 1.54) is 6.08 Å². The molecule has 0 aliphatic carbocycles. The molecule has 0 saturated heterocycles. The number of carboxylic acid groups (broad SMARTS) is 1. The largest absolute Gasteiger partial charge is 0.480 e. The number of carbonyl (C=O) groups excluding carboxylic acids is 1. The second kappa shape index (κ2) is 6.82. The molecule has 0 bridgehead atoms. The first kappa shape index (κ1) is 16.6. The highest BCUT2D eigenvalue weighted by Crippen LogP contribution is 2.25. The molecule has 0 aromatic carbocycles. The molecule has 0 radical (unpaired) electrons. The van der Waals surface area contributed by atoms with Gasteiger partial charge >= 0.3 is 12.1 Å². The third-order valence-electron chi connectivity index (χ3n) is 2.43. The number of nitrogens with zero attached hydrogens (tertiary/aromatic N) is 2. The second-order valence-corrected chi connectivity index (χ2v) is 4.02. The molecule has 21 heavy (non-hydrogen) atoms. The molecule has 0 aliphatic rings. The van der Waals surface area contributed by atoms with E-state index in [4.69, 9.17) is 5.11 Å². The van der Waals surface area contributed by atoms with Gasteiger partial charge in [-0.3, -0.25) is 4.79 Å². The fourth-order valence-corrected chi connectivity index (χ4v) is 1.38. The summed E-state index contributed by atoms with van der Waals surface area (Å²) >= 11 is 0. The van der Waals surface area contributed by atoms with Crippen molar-refractivity contribution < 1.29 is 27.9 Å². The first-order valence-corrected chi connectivity index (χ1v) is 5.79. The number of nitrogens with one attached hydrogen (secondary N) is 1. The van der Waals surface area contributed by atoms with Crippen LogP contribution in [0.15, 0.2) is 25.0 Å². The van der Waals surface area contributed by atoms with Crippen LogP contribution >= 0.6 is 0 Å². The van der Waals surface area contributed by atoms with E-state index >= 15 is 0 Å². The average Bonchev–Trinajstić information content (AvgIpc) is 2.42. The number of hydrogen-bond acceptors (Lipinski definition) is 4. The van der Waals surface area contributed by atoms with Gasteiger partial charge in [0.2, 0.25) is 5.82 Å². The molecule has 9 heteroatoms. The Balaban J connectivity index is 2.78. The molecular weight excluding hydrogens is 291 g/mol. The molecular formula is C12H12F3N3O3. The van der Waals surface area contributed by atoms with Gasteiger partial charge in [-0.2, -0.15) is 13.2 Å². The van der Waals surface area contributed by atoms with Crippen LogP contribution in [0.3, 0.4) is 0 Å². The first-order chi connectivity index (χ1) is 9.75. The fraction of sp³-hybridized carbons (Fsp3) is 0.333. The minimum absolute atomic E-state index is 0.117. The van der Waals surface area contributed by atoms with Crippen molar-refractivity contribution in [2.75, 3.05) is 0 Å². The Morgan fingerprint density at radius 2 is 1.95 bits per heavy atom. The predicted molar refractivity (Wildman–Crippen MR) is 65.4 cm³/mol. The molecule has 0 aliphatic heterocycles. The Kier molecular flexibility index (Phi) is 5.39. The van der Waals surface area contributed by atoms with Crippen LogP contribution in [0.1, 0.15) is 29.0 Å². The number of carboxylic acids is 1. The van der Waals surface area contributed by atoms with E-state index in [-0.39, 0.29) is 12.0 Å². The summed E-state index contributed by atoms with van der Waals surface area (Å²) in [6.45, 7) is 3.43. The number of alkyl halides is 3. The van der Waals surface area contributed by atoms with Crippen molar-refractivity contribution in [2.45, 2.75) is 25.1 Å². The summed E-state index contributed by atoms with van der Waals surface area (Å²) in [7, 11) is 0. The van der Waals surface area contributed by atoms with Crippen molar-refractivity contribution in [1.29, 1.82) is 0 Å². The van der Waals surface area contributed by atoms with E-state index in [0.29, 0.717) is 18.8 Å². The summed E-state index contributed by atoms with van der Waals surface area (Å²) < 4.78 is 36.8. The molecule has 6 nitrogen and oxygen atoms in total. The highest BCUT2D eigenvalue weighted by atomic mass is 19.4. The molecule has 1 amide bonds. The van der Waals surface area contributed by atoms with E-state index in [9.17, 15) is 22.8 Å². The molecule has 1 aromatic rings. The first-order valence-electron chi connectivity index (χ1n) is 5.79. The van der Waals surface area contributed by atoms with Crippen LogP contribution in [0.25, 0.3) is 0 Å². The van der Waals surface area contributed by atoms with Crippen molar-refractivity contribution in [1.82, 2.24) is 15.3 Å². The minimum atomic E-state index is -4.71. The standard InChI is InChI=1S/C12H12F3N3O3/c1-2-3-4-8(10(20)21)18-9(19)7-5-16-11(17-6-7)12(13,14)15/h2,5-6,8H,1,3-4H2,(H,18,19)(H,20,21). The van der Waals surface area contributed by atoms with Crippen molar-refractivity contribution in [3.05, 3.63) is 36.4 Å². The van der Waals surface area contributed by atoms with E-state index < -0.39 is 29.9 Å². The molecule has 1 atom stereocenters. The third-order valence-corrected chi connectivity index (χ3v) is 2.43. The smallest absolute Gasteiger partial charge is 0.451 e. The summed E-state index contributed by atoms with van der Waals surface area (Å²) in [5.41, 5.74) is -0.257. The van der Waals surface area contributed by atoms with Gasteiger partial charge in [0.1, 0.15) is 6.04 Å². The monoisotopic (exact) mass is 303 g/mol. The lowest BCUT2D eigenvalue weighted by Gasteiger charge is -2.13. The average molecular weight is 303 g/mol. The van der Waals surface area contributed by atoms with Crippen LogP contribution in [0.4, 0.5) is 13.2 Å². The lowest BCUT2D eigenvalue weighted by Crippen LogP contribution is -2.40. The van der Waals surface area contributed by atoms with Gasteiger partial charge in [-0.1, -0.05) is 6.08 Å². The summed E-state index contributed by atoms with van der Waals surface area (Å²) in [4.78, 5) is 28.7. The SMILES string of the molecule is C=CCCC(NC(=O)c1cnc(C(F)(F)F)nc1)C(=O)O. The summed E-state index contributed by atoms with van der Waals surface area (Å²) in [6.07, 6.45) is -1.35. The van der Waals surface area contributed by atoms with Gasteiger partial charge in [0.05, 0.1) is 5.56 Å². The number of allylic oxidation sites excluding steroid dienone is 1. The molecule has 0 saturated carbocycles. The maximum absolute atomic E-state index is 12.3.